The maximum absolute atomic E-state index is 12.0. The second-order valence-corrected chi connectivity index (χ2v) is 3.16. The lowest BCUT2D eigenvalue weighted by molar-refractivity contribution is -0.136. The van der Waals surface area contributed by atoms with Gasteiger partial charge in [0, 0.05) is 12.2 Å². The lowest BCUT2D eigenvalue weighted by Crippen LogP contribution is -2.24. The van der Waals surface area contributed by atoms with Crippen molar-refractivity contribution < 1.29 is 13.2 Å². The van der Waals surface area contributed by atoms with E-state index in [1.54, 1.807) is 0 Å². The van der Waals surface area contributed by atoms with Gasteiger partial charge < -0.3 is 11.1 Å². The number of nitrogen functional groups attached to an aromatic ring is 1. The van der Waals surface area contributed by atoms with E-state index in [1.807, 2.05) is 0 Å². The van der Waals surface area contributed by atoms with Crippen LogP contribution in [0.5, 0.6) is 0 Å². The standard InChI is InChI=1S/C8H11F3N4/c1-5(4-8(9,10)11)14-6-2-3-13-7(12)15-6/h2-3,5H,4H2,1H3,(H3,12,13,14,15). The zero-order valence-electron chi connectivity index (χ0n) is 8.04. The highest BCUT2D eigenvalue weighted by molar-refractivity contribution is 5.38. The summed E-state index contributed by atoms with van der Waals surface area (Å²) in [4.78, 5) is 7.36. The van der Waals surface area contributed by atoms with E-state index < -0.39 is 18.6 Å². The van der Waals surface area contributed by atoms with Gasteiger partial charge in [-0.3, -0.25) is 0 Å². The van der Waals surface area contributed by atoms with Gasteiger partial charge in [-0.15, -0.1) is 0 Å². The van der Waals surface area contributed by atoms with E-state index in [9.17, 15) is 13.2 Å². The summed E-state index contributed by atoms with van der Waals surface area (Å²) < 4.78 is 36.0. The second-order valence-electron chi connectivity index (χ2n) is 3.16. The third-order valence-electron chi connectivity index (χ3n) is 1.61. The lowest BCUT2D eigenvalue weighted by atomic mass is 10.2. The highest BCUT2D eigenvalue weighted by Gasteiger charge is 2.29. The quantitative estimate of drug-likeness (QED) is 0.815. The third-order valence-corrected chi connectivity index (χ3v) is 1.61. The predicted octanol–water partition coefficient (Wildman–Crippen LogP) is 1.81. The Hall–Kier alpha value is -1.53. The molecule has 0 saturated heterocycles. The molecule has 0 aliphatic carbocycles. The van der Waals surface area contributed by atoms with Gasteiger partial charge in [0.1, 0.15) is 5.82 Å². The normalized spacial score (nSPS) is 13.6. The molecule has 0 saturated carbocycles. The summed E-state index contributed by atoms with van der Waals surface area (Å²) in [6, 6.07) is 0.711. The maximum Gasteiger partial charge on any atom is 0.391 e. The van der Waals surface area contributed by atoms with E-state index in [0.717, 1.165) is 0 Å². The van der Waals surface area contributed by atoms with Crippen LogP contribution in [0.15, 0.2) is 12.3 Å². The van der Waals surface area contributed by atoms with Crippen LogP contribution >= 0.6 is 0 Å². The van der Waals surface area contributed by atoms with Crippen LogP contribution in [0.3, 0.4) is 0 Å². The number of anilines is 2. The number of alkyl halides is 3. The number of nitrogens with zero attached hydrogens (tertiary/aromatic N) is 2. The molecule has 1 rings (SSSR count). The molecule has 15 heavy (non-hydrogen) atoms. The molecule has 1 unspecified atom stereocenters. The van der Waals surface area contributed by atoms with E-state index in [0.29, 0.717) is 5.82 Å². The van der Waals surface area contributed by atoms with E-state index in [2.05, 4.69) is 15.3 Å². The van der Waals surface area contributed by atoms with Crippen LogP contribution in [0.1, 0.15) is 13.3 Å². The molecule has 0 aliphatic rings. The summed E-state index contributed by atoms with van der Waals surface area (Å²) in [7, 11) is 0. The molecule has 0 bridgehead atoms. The molecule has 0 amide bonds. The molecule has 0 spiro atoms. The Morgan fingerprint density at radius 3 is 2.73 bits per heavy atom. The Morgan fingerprint density at radius 2 is 2.20 bits per heavy atom. The van der Waals surface area contributed by atoms with Crippen molar-refractivity contribution >= 4 is 11.8 Å². The Kier molecular flexibility index (Phi) is 3.33. The molecule has 7 heteroatoms. The monoisotopic (exact) mass is 220 g/mol. The molecule has 0 fully saturated rings. The average Bonchev–Trinajstić information content (AvgIpc) is 1.99. The Labute approximate surface area is 84.7 Å². The first-order valence-electron chi connectivity index (χ1n) is 4.28. The van der Waals surface area contributed by atoms with Crippen LogP contribution in [-0.4, -0.2) is 22.2 Å². The highest BCUT2D eigenvalue weighted by atomic mass is 19.4. The summed E-state index contributed by atoms with van der Waals surface area (Å²) in [5.74, 6) is 0.318. The van der Waals surface area contributed by atoms with Crippen molar-refractivity contribution in [3.05, 3.63) is 12.3 Å². The molecule has 0 radical (unpaired) electrons. The van der Waals surface area contributed by atoms with Gasteiger partial charge >= 0.3 is 6.18 Å². The van der Waals surface area contributed by atoms with Crippen LogP contribution in [-0.2, 0) is 0 Å². The van der Waals surface area contributed by atoms with Crippen molar-refractivity contribution in [1.29, 1.82) is 0 Å². The zero-order valence-corrected chi connectivity index (χ0v) is 8.04. The number of aromatic nitrogens is 2. The largest absolute Gasteiger partial charge is 0.391 e. The average molecular weight is 220 g/mol. The molecule has 0 aliphatic heterocycles. The smallest absolute Gasteiger partial charge is 0.368 e. The molecule has 4 nitrogen and oxygen atoms in total. The molecule has 84 valence electrons. The Bertz CT molecular complexity index is 326. The maximum atomic E-state index is 12.0. The summed E-state index contributed by atoms with van der Waals surface area (Å²) in [6.45, 7) is 1.42. The van der Waals surface area contributed by atoms with Gasteiger partial charge in [-0.25, -0.2) is 4.98 Å². The first-order valence-corrected chi connectivity index (χ1v) is 4.28. The van der Waals surface area contributed by atoms with E-state index >= 15 is 0 Å². The van der Waals surface area contributed by atoms with Gasteiger partial charge in [0.2, 0.25) is 5.95 Å². The van der Waals surface area contributed by atoms with E-state index in [-0.39, 0.29) is 5.95 Å². The fraction of sp³-hybridized carbons (Fsp3) is 0.500. The summed E-state index contributed by atoms with van der Waals surface area (Å²) >= 11 is 0. The van der Waals surface area contributed by atoms with Crippen LogP contribution < -0.4 is 11.1 Å². The molecule has 1 heterocycles. The number of nitrogens with two attached hydrogens (primary N) is 1. The van der Waals surface area contributed by atoms with Crippen molar-refractivity contribution in [3.8, 4) is 0 Å². The molecular weight excluding hydrogens is 209 g/mol. The molecular formula is C8H11F3N4. The summed E-state index contributed by atoms with van der Waals surface area (Å²) in [5, 5.41) is 2.59. The lowest BCUT2D eigenvalue weighted by Gasteiger charge is -2.16. The van der Waals surface area contributed by atoms with Crippen molar-refractivity contribution in [1.82, 2.24) is 9.97 Å². The van der Waals surface area contributed by atoms with Crippen LogP contribution in [0.4, 0.5) is 24.9 Å². The summed E-state index contributed by atoms with van der Waals surface area (Å²) in [6.07, 6.45) is -3.73. The van der Waals surface area contributed by atoms with Gasteiger partial charge in [0.25, 0.3) is 0 Å². The fourth-order valence-corrected chi connectivity index (χ4v) is 1.10. The molecule has 1 aromatic rings. The van der Waals surface area contributed by atoms with Crippen LogP contribution in [0, 0.1) is 0 Å². The molecule has 1 atom stereocenters. The van der Waals surface area contributed by atoms with E-state index in [4.69, 9.17) is 5.73 Å². The number of rotatable bonds is 3. The van der Waals surface area contributed by atoms with Crippen molar-refractivity contribution in [3.63, 3.8) is 0 Å². The number of halogens is 3. The van der Waals surface area contributed by atoms with Gasteiger partial charge in [0.15, 0.2) is 0 Å². The van der Waals surface area contributed by atoms with E-state index in [1.165, 1.54) is 19.2 Å². The number of hydrogen-bond acceptors (Lipinski definition) is 4. The number of hydrogen-bond donors (Lipinski definition) is 2. The Balaban J connectivity index is 2.55. The minimum absolute atomic E-state index is 0.0270. The minimum atomic E-state index is -4.19. The van der Waals surface area contributed by atoms with Crippen LogP contribution in [0.2, 0.25) is 0 Å². The SMILES string of the molecule is CC(CC(F)(F)F)Nc1ccnc(N)n1. The first kappa shape index (κ1) is 11.5. The molecule has 3 N–H and O–H groups in total. The fourth-order valence-electron chi connectivity index (χ4n) is 1.10. The van der Waals surface area contributed by atoms with Gasteiger partial charge in [-0.2, -0.15) is 18.2 Å². The van der Waals surface area contributed by atoms with Crippen molar-refractivity contribution in [2.24, 2.45) is 0 Å². The first-order chi connectivity index (χ1) is 6.87. The second kappa shape index (κ2) is 4.33. The van der Waals surface area contributed by atoms with Gasteiger partial charge in [-0.1, -0.05) is 0 Å². The Morgan fingerprint density at radius 1 is 1.53 bits per heavy atom. The van der Waals surface area contributed by atoms with Crippen molar-refractivity contribution in [2.75, 3.05) is 11.1 Å². The molecule has 0 aromatic carbocycles. The predicted molar refractivity (Wildman–Crippen MR) is 50.2 cm³/mol. The number of nitrogens with one attached hydrogen (secondary N) is 1. The van der Waals surface area contributed by atoms with Crippen LogP contribution in [0.25, 0.3) is 0 Å². The zero-order chi connectivity index (χ0) is 11.5. The van der Waals surface area contributed by atoms with Gasteiger partial charge in [-0.05, 0) is 13.0 Å². The van der Waals surface area contributed by atoms with Gasteiger partial charge in [0.05, 0.1) is 6.42 Å². The summed E-state index contributed by atoms with van der Waals surface area (Å²) in [5.41, 5.74) is 5.28. The van der Waals surface area contributed by atoms with Crippen molar-refractivity contribution in [2.45, 2.75) is 25.6 Å². The molecule has 1 aromatic heterocycles. The minimum Gasteiger partial charge on any atom is -0.368 e. The highest BCUT2D eigenvalue weighted by Crippen LogP contribution is 2.22. The third kappa shape index (κ3) is 4.48. The topological polar surface area (TPSA) is 63.8 Å².